The molecular weight excluding hydrogens is 398 g/mol. The van der Waals surface area contributed by atoms with Crippen molar-refractivity contribution in [3.63, 3.8) is 0 Å². The van der Waals surface area contributed by atoms with Crippen molar-refractivity contribution < 1.29 is 14.3 Å². The average molecular weight is 426 g/mol. The minimum absolute atomic E-state index is 0.222. The normalized spacial score (nSPS) is 15.2. The van der Waals surface area contributed by atoms with Gasteiger partial charge in [0.05, 0.1) is 10.2 Å². The fourth-order valence-corrected chi connectivity index (χ4v) is 4.48. The summed E-state index contributed by atoms with van der Waals surface area (Å²) in [5, 5.41) is 4.55. The highest BCUT2D eigenvalue weighted by Gasteiger charge is 2.19. The molecule has 4 rings (SSSR count). The number of carbonyl (C=O) groups is 1. The van der Waals surface area contributed by atoms with Gasteiger partial charge in [0, 0.05) is 24.4 Å². The topological polar surface area (TPSA) is 73.3 Å². The molecule has 1 saturated carbocycles. The van der Waals surface area contributed by atoms with Crippen LogP contribution in [-0.2, 0) is 4.74 Å². The lowest BCUT2D eigenvalue weighted by Crippen LogP contribution is -2.24. The molecule has 158 valence electrons. The molecular formula is C23H27N3O3S. The highest BCUT2D eigenvalue weighted by Crippen LogP contribution is 2.33. The first-order valence-electron chi connectivity index (χ1n) is 10.4. The van der Waals surface area contributed by atoms with Crippen LogP contribution in [0.1, 0.15) is 63.4 Å². The SMILES string of the molecule is CC(C)(C)OC(=O)c1cc(Oc2ccc3nc(NC4CCCCC4)sc3c2)ccn1. The molecule has 1 N–H and O–H groups in total. The van der Waals surface area contributed by atoms with Gasteiger partial charge in [0.2, 0.25) is 0 Å². The predicted octanol–water partition coefficient (Wildman–Crippen LogP) is 6.18. The van der Waals surface area contributed by atoms with Crippen LogP contribution in [0.4, 0.5) is 5.13 Å². The van der Waals surface area contributed by atoms with Gasteiger partial charge in [-0.2, -0.15) is 0 Å². The van der Waals surface area contributed by atoms with E-state index in [1.54, 1.807) is 29.7 Å². The van der Waals surface area contributed by atoms with Gasteiger partial charge in [-0.15, -0.1) is 0 Å². The van der Waals surface area contributed by atoms with Crippen molar-refractivity contribution in [3.05, 3.63) is 42.2 Å². The molecule has 30 heavy (non-hydrogen) atoms. The number of hydrogen-bond donors (Lipinski definition) is 1. The van der Waals surface area contributed by atoms with E-state index in [2.05, 4.69) is 10.3 Å². The Morgan fingerprint density at radius 2 is 1.87 bits per heavy atom. The molecule has 1 aliphatic rings. The minimum Gasteiger partial charge on any atom is -0.457 e. The lowest BCUT2D eigenvalue weighted by Gasteiger charge is -2.22. The van der Waals surface area contributed by atoms with Crippen molar-refractivity contribution in [1.82, 2.24) is 9.97 Å². The number of ether oxygens (including phenoxy) is 2. The van der Waals surface area contributed by atoms with Crippen molar-refractivity contribution in [2.75, 3.05) is 5.32 Å². The van der Waals surface area contributed by atoms with E-state index in [4.69, 9.17) is 14.5 Å². The summed E-state index contributed by atoms with van der Waals surface area (Å²) in [6, 6.07) is 9.68. The maximum atomic E-state index is 12.3. The number of carbonyl (C=O) groups excluding carboxylic acids is 1. The molecule has 6 nitrogen and oxygen atoms in total. The third kappa shape index (κ3) is 5.27. The Balaban J connectivity index is 1.47. The van der Waals surface area contributed by atoms with Crippen LogP contribution in [0.2, 0.25) is 0 Å². The molecule has 3 aromatic rings. The number of rotatable bonds is 5. The van der Waals surface area contributed by atoms with Gasteiger partial charge in [0.15, 0.2) is 10.8 Å². The first kappa shape index (κ1) is 20.6. The Morgan fingerprint density at radius 1 is 1.10 bits per heavy atom. The van der Waals surface area contributed by atoms with E-state index in [0.717, 1.165) is 15.3 Å². The van der Waals surface area contributed by atoms with E-state index in [1.807, 2.05) is 39.0 Å². The van der Waals surface area contributed by atoms with Crippen LogP contribution in [0.3, 0.4) is 0 Å². The Kier molecular flexibility index (Phi) is 5.90. The third-order valence-electron chi connectivity index (χ3n) is 4.87. The van der Waals surface area contributed by atoms with Gasteiger partial charge in [-0.1, -0.05) is 30.6 Å². The van der Waals surface area contributed by atoms with Crippen LogP contribution >= 0.6 is 11.3 Å². The van der Waals surface area contributed by atoms with E-state index >= 15 is 0 Å². The molecule has 0 radical (unpaired) electrons. The molecule has 1 aliphatic carbocycles. The van der Waals surface area contributed by atoms with Gasteiger partial charge in [0.25, 0.3) is 0 Å². The number of esters is 1. The molecule has 0 saturated heterocycles. The summed E-state index contributed by atoms with van der Waals surface area (Å²) < 4.78 is 12.4. The van der Waals surface area contributed by atoms with Gasteiger partial charge in [-0.3, -0.25) is 0 Å². The number of pyridine rings is 1. The third-order valence-corrected chi connectivity index (χ3v) is 5.82. The molecule has 2 aromatic heterocycles. The molecule has 0 unspecified atom stereocenters. The molecule has 0 aliphatic heterocycles. The van der Waals surface area contributed by atoms with Gasteiger partial charge in [0.1, 0.15) is 17.1 Å². The lowest BCUT2D eigenvalue weighted by atomic mass is 9.96. The summed E-state index contributed by atoms with van der Waals surface area (Å²) in [4.78, 5) is 21.1. The van der Waals surface area contributed by atoms with E-state index < -0.39 is 11.6 Å². The van der Waals surface area contributed by atoms with Gasteiger partial charge < -0.3 is 14.8 Å². The summed E-state index contributed by atoms with van der Waals surface area (Å²) in [5.41, 5.74) is 0.603. The van der Waals surface area contributed by atoms with Gasteiger partial charge in [-0.05, 0) is 51.8 Å². The second kappa shape index (κ2) is 8.60. The molecule has 2 heterocycles. The van der Waals surface area contributed by atoms with Crippen molar-refractivity contribution >= 4 is 32.7 Å². The molecule has 0 atom stereocenters. The molecule has 0 amide bonds. The van der Waals surface area contributed by atoms with Crippen LogP contribution < -0.4 is 10.1 Å². The number of nitrogens with zero attached hydrogens (tertiary/aromatic N) is 2. The van der Waals surface area contributed by atoms with Crippen molar-refractivity contribution in [3.8, 4) is 11.5 Å². The fraction of sp³-hybridized carbons (Fsp3) is 0.435. The maximum absolute atomic E-state index is 12.3. The van der Waals surface area contributed by atoms with Crippen molar-refractivity contribution in [1.29, 1.82) is 0 Å². The monoisotopic (exact) mass is 425 g/mol. The minimum atomic E-state index is -0.573. The molecule has 1 fully saturated rings. The zero-order valence-electron chi connectivity index (χ0n) is 17.6. The van der Waals surface area contributed by atoms with Crippen LogP contribution in [0.5, 0.6) is 11.5 Å². The second-order valence-electron chi connectivity index (χ2n) is 8.61. The lowest BCUT2D eigenvalue weighted by molar-refractivity contribution is 0.00624. The predicted molar refractivity (Wildman–Crippen MR) is 120 cm³/mol. The number of fused-ring (bicyclic) bond motifs is 1. The van der Waals surface area contributed by atoms with E-state index in [1.165, 1.54) is 32.1 Å². The number of aromatic nitrogens is 2. The van der Waals surface area contributed by atoms with E-state index in [0.29, 0.717) is 17.5 Å². The standard InChI is InChI=1S/C23H27N3O3S/c1-23(2,3)29-21(27)19-13-17(11-12-24-19)28-16-9-10-18-20(14-16)30-22(26-18)25-15-7-5-4-6-8-15/h9-15H,4-8H2,1-3H3,(H,25,26). The fourth-order valence-electron chi connectivity index (χ4n) is 3.50. The second-order valence-corrected chi connectivity index (χ2v) is 9.64. The Hall–Kier alpha value is -2.67. The molecule has 7 heteroatoms. The quantitative estimate of drug-likeness (QED) is 0.492. The number of thiazole rings is 1. The van der Waals surface area contributed by atoms with Crippen LogP contribution in [0, 0.1) is 0 Å². The molecule has 0 spiro atoms. The molecule has 0 bridgehead atoms. The maximum Gasteiger partial charge on any atom is 0.357 e. The number of anilines is 1. The van der Waals surface area contributed by atoms with E-state index in [9.17, 15) is 4.79 Å². The summed E-state index contributed by atoms with van der Waals surface area (Å²) in [6.07, 6.45) is 7.89. The van der Waals surface area contributed by atoms with Gasteiger partial charge in [-0.25, -0.2) is 14.8 Å². The number of nitrogens with one attached hydrogen (secondary N) is 1. The molecule has 1 aromatic carbocycles. The summed E-state index contributed by atoms with van der Waals surface area (Å²) in [6.45, 7) is 5.48. The van der Waals surface area contributed by atoms with Crippen molar-refractivity contribution in [2.45, 2.75) is 64.5 Å². The summed E-state index contributed by atoms with van der Waals surface area (Å²) in [5.74, 6) is 0.760. The largest absolute Gasteiger partial charge is 0.457 e. The van der Waals surface area contributed by atoms with Crippen LogP contribution in [0.25, 0.3) is 10.2 Å². The first-order chi connectivity index (χ1) is 14.4. The van der Waals surface area contributed by atoms with Crippen LogP contribution in [-0.4, -0.2) is 27.6 Å². The van der Waals surface area contributed by atoms with Gasteiger partial charge >= 0.3 is 5.97 Å². The average Bonchev–Trinajstić information content (AvgIpc) is 3.09. The first-order valence-corrected chi connectivity index (χ1v) is 11.2. The number of benzene rings is 1. The highest BCUT2D eigenvalue weighted by atomic mass is 32.1. The number of hydrogen-bond acceptors (Lipinski definition) is 7. The summed E-state index contributed by atoms with van der Waals surface area (Å²) >= 11 is 1.64. The smallest absolute Gasteiger partial charge is 0.357 e. The van der Waals surface area contributed by atoms with E-state index in [-0.39, 0.29) is 5.69 Å². The highest BCUT2D eigenvalue weighted by molar-refractivity contribution is 7.22. The Morgan fingerprint density at radius 3 is 2.63 bits per heavy atom. The Bertz CT molecular complexity index is 1040. The Labute approximate surface area is 180 Å². The zero-order chi connectivity index (χ0) is 21.1. The van der Waals surface area contributed by atoms with Crippen LogP contribution in [0.15, 0.2) is 36.5 Å². The van der Waals surface area contributed by atoms with Crippen molar-refractivity contribution in [2.24, 2.45) is 0 Å². The zero-order valence-corrected chi connectivity index (χ0v) is 18.4. The summed E-state index contributed by atoms with van der Waals surface area (Å²) in [7, 11) is 0.